The number of aliphatic hydroxyl groups is 1. The number of hydrogen-bond acceptors (Lipinski definition) is 2. The van der Waals surface area contributed by atoms with E-state index in [2.05, 4.69) is 4.98 Å². The lowest BCUT2D eigenvalue weighted by molar-refractivity contribution is 0.0658. The van der Waals surface area contributed by atoms with E-state index in [1.54, 1.807) is 24.6 Å². The largest absolute Gasteiger partial charge is 0.383 e. The Hall–Kier alpha value is -0.830. The molecule has 3 heteroatoms. The van der Waals surface area contributed by atoms with Crippen molar-refractivity contribution in [2.24, 2.45) is 7.05 Å². The van der Waals surface area contributed by atoms with Crippen LogP contribution in [0.5, 0.6) is 0 Å². The van der Waals surface area contributed by atoms with Crippen molar-refractivity contribution in [3.8, 4) is 0 Å². The first kappa shape index (κ1) is 7.28. The third-order valence-electron chi connectivity index (χ3n) is 1.37. The fourth-order valence-electron chi connectivity index (χ4n) is 0.955. The number of hydrogen-bond donors (Lipinski definition) is 1. The van der Waals surface area contributed by atoms with Gasteiger partial charge in [-0.25, -0.2) is 4.98 Å². The molecule has 1 heterocycles. The minimum atomic E-state index is -0.835. The normalized spacial score (nSPS) is 12.0. The Balaban J connectivity index is 3.05. The lowest BCUT2D eigenvalue weighted by Gasteiger charge is -2.15. The molecule has 0 radical (unpaired) electrons. The average Bonchev–Trinajstić information content (AvgIpc) is 2.11. The maximum atomic E-state index is 9.48. The Morgan fingerprint density at radius 2 is 2.20 bits per heavy atom. The van der Waals surface area contributed by atoms with E-state index < -0.39 is 5.60 Å². The summed E-state index contributed by atoms with van der Waals surface area (Å²) in [5, 5.41) is 9.48. The van der Waals surface area contributed by atoms with Gasteiger partial charge in [-0.3, -0.25) is 0 Å². The molecule has 0 saturated heterocycles. The van der Waals surface area contributed by atoms with Gasteiger partial charge in [0.25, 0.3) is 0 Å². The lowest BCUT2D eigenvalue weighted by atomic mass is 10.1. The van der Waals surface area contributed by atoms with Crippen molar-refractivity contribution in [3.05, 3.63) is 18.2 Å². The third kappa shape index (κ3) is 1.19. The van der Waals surface area contributed by atoms with Crippen LogP contribution in [0.2, 0.25) is 0 Å². The van der Waals surface area contributed by atoms with Gasteiger partial charge < -0.3 is 9.67 Å². The van der Waals surface area contributed by atoms with E-state index in [4.69, 9.17) is 0 Å². The molecule has 0 aliphatic rings. The summed E-state index contributed by atoms with van der Waals surface area (Å²) in [6.07, 6.45) is 3.49. The molecule has 0 atom stereocenters. The highest BCUT2D eigenvalue weighted by atomic mass is 16.3. The van der Waals surface area contributed by atoms with Crippen LogP contribution in [-0.2, 0) is 12.6 Å². The molecule has 0 fully saturated rings. The van der Waals surface area contributed by atoms with E-state index in [0.29, 0.717) is 5.82 Å². The molecule has 10 heavy (non-hydrogen) atoms. The highest BCUT2D eigenvalue weighted by Crippen LogP contribution is 2.15. The van der Waals surface area contributed by atoms with Crippen LogP contribution in [0.1, 0.15) is 19.7 Å². The predicted octanol–water partition coefficient (Wildman–Crippen LogP) is 0.647. The van der Waals surface area contributed by atoms with Gasteiger partial charge in [0, 0.05) is 19.4 Å². The second-order valence-electron chi connectivity index (χ2n) is 2.92. The number of nitrogens with zero attached hydrogens (tertiary/aromatic N) is 2. The zero-order valence-corrected chi connectivity index (χ0v) is 6.50. The monoisotopic (exact) mass is 140 g/mol. The van der Waals surface area contributed by atoms with Crippen LogP contribution >= 0.6 is 0 Å². The molecule has 0 aliphatic carbocycles. The van der Waals surface area contributed by atoms with Gasteiger partial charge >= 0.3 is 0 Å². The number of aryl methyl sites for hydroxylation is 1. The summed E-state index contributed by atoms with van der Waals surface area (Å²) in [6.45, 7) is 3.44. The van der Waals surface area contributed by atoms with Gasteiger partial charge in [-0.2, -0.15) is 0 Å². The standard InChI is InChI=1S/C7H12N2O/c1-7(2,10)6-8-4-5-9(6)3/h4-5,10H,1-3H3. The molecule has 0 amide bonds. The Bertz CT molecular complexity index is 222. The van der Waals surface area contributed by atoms with E-state index in [-0.39, 0.29) is 0 Å². The predicted molar refractivity (Wildman–Crippen MR) is 38.5 cm³/mol. The average molecular weight is 140 g/mol. The van der Waals surface area contributed by atoms with E-state index in [1.165, 1.54) is 0 Å². The summed E-state index contributed by atoms with van der Waals surface area (Å²) in [4.78, 5) is 4.00. The van der Waals surface area contributed by atoms with Gasteiger partial charge in [0.2, 0.25) is 0 Å². The first-order chi connectivity index (χ1) is 4.52. The molecule has 56 valence electrons. The van der Waals surface area contributed by atoms with Gasteiger partial charge in [0.15, 0.2) is 0 Å². The fraction of sp³-hybridized carbons (Fsp3) is 0.571. The highest BCUT2D eigenvalue weighted by molar-refractivity contribution is 5.00. The van der Waals surface area contributed by atoms with Crippen molar-refractivity contribution < 1.29 is 5.11 Å². The summed E-state index contributed by atoms with van der Waals surface area (Å²) >= 11 is 0. The van der Waals surface area contributed by atoms with Gasteiger partial charge in [-0.15, -0.1) is 0 Å². The molecule has 1 N–H and O–H groups in total. The zero-order valence-electron chi connectivity index (χ0n) is 6.50. The summed E-state index contributed by atoms with van der Waals surface area (Å²) in [5.41, 5.74) is -0.835. The first-order valence-electron chi connectivity index (χ1n) is 3.22. The van der Waals surface area contributed by atoms with Crippen molar-refractivity contribution in [1.29, 1.82) is 0 Å². The third-order valence-corrected chi connectivity index (χ3v) is 1.37. The van der Waals surface area contributed by atoms with E-state index in [9.17, 15) is 5.11 Å². The van der Waals surface area contributed by atoms with Crippen LogP contribution in [0.15, 0.2) is 12.4 Å². The summed E-state index contributed by atoms with van der Waals surface area (Å²) < 4.78 is 1.81. The van der Waals surface area contributed by atoms with Crippen molar-refractivity contribution in [2.75, 3.05) is 0 Å². The van der Waals surface area contributed by atoms with Crippen molar-refractivity contribution in [1.82, 2.24) is 9.55 Å². The zero-order chi connectivity index (χ0) is 7.78. The molecule has 0 bridgehead atoms. The maximum absolute atomic E-state index is 9.48. The smallest absolute Gasteiger partial charge is 0.139 e. The first-order valence-corrected chi connectivity index (χ1v) is 3.22. The second kappa shape index (κ2) is 2.09. The highest BCUT2D eigenvalue weighted by Gasteiger charge is 2.19. The van der Waals surface area contributed by atoms with Crippen molar-refractivity contribution >= 4 is 0 Å². The minimum Gasteiger partial charge on any atom is -0.383 e. The Labute approximate surface area is 60.3 Å². The molecular formula is C7H12N2O. The van der Waals surface area contributed by atoms with Crippen molar-refractivity contribution in [3.63, 3.8) is 0 Å². The van der Waals surface area contributed by atoms with Crippen LogP contribution in [-0.4, -0.2) is 14.7 Å². The fourth-order valence-corrected chi connectivity index (χ4v) is 0.955. The van der Waals surface area contributed by atoms with Crippen LogP contribution in [0.4, 0.5) is 0 Å². The summed E-state index contributed by atoms with van der Waals surface area (Å²) in [6, 6.07) is 0. The molecule has 0 aromatic carbocycles. The molecule has 0 aliphatic heterocycles. The molecule has 1 aromatic heterocycles. The van der Waals surface area contributed by atoms with E-state index in [1.807, 2.05) is 13.2 Å². The Morgan fingerprint density at radius 1 is 1.60 bits per heavy atom. The number of imidazole rings is 1. The van der Waals surface area contributed by atoms with Gasteiger partial charge in [0.05, 0.1) is 0 Å². The van der Waals surface area contributed by atoms with Gasteiger partial charge in [0.1, 0.15) is 11.4 Å². The van der Waals surface area contributed by atoms with Crippen LogP contribution in [0, 0.1) is 0 Å². The maximum Gasteiger partial charge on any atom is 0.139 e. The topological polar surface area (TPSA) is 38.0 Å². The molecule has 0 saturated carbocycles. The minimum absolute atomic E-state index is 0.688. The van der Waals surface area contributed by atoms with Gasteiger partial charge in [-0.05, 0) is 13.8 Å². The van der Waals surface area contributed by atoms with E-state index in [0.717, 1.165) is 0 Å². The second-order valence-corrected chi connectivity index (χ2v) is 2.92. The van der Waals surface area contributed by atoms with Crippen LogP contribution in [0.25, 0.3) is 0 Å². The molecule has 3 nitrogen and oxygen atoms in total. The number of rotatable bonds is 1. The Kier molecular flexibility index (Phi) is 1.52. The van der Waals surface area contributed by atoms with Crippen LogP contribution < -0.4 is 0 Å². The molecular weight excluding hydrogens is 128 g/mol. The summed E-state index contributed by atoms with van der Waals surface area (Å²) in [5.74, 6) is 0.688. The quantitative estimate of drug-likeness (QED) is 0.622. The lowest BCUT2D eigenvalue weighted by Crippen LogP contribution is -2.20. The van der Waals surface area contributed by atoms with Crippen molar-refractivity contribution in [2.45, 2.75) is 19.4 Å². The number of aromatic nitrogens is 2. The molecule has 0 unspecified atom stereocenters. The summed E-state index contributed by atoms with van der Waals surface area (Å²) in [7, 11) is 1.86. The molecule has 1 aromatic rings. The Morgan fingerprint density at radius 3 is 2.40 bits per heavy atom. The molecule has 1 rings (SSSR count). The van der Waals surface area contributed by atoms with Gasteiger partial charge in [-0.1, -0.05) is 0 Å². The van der Waals surface area contributed by atoms with Crippen LogP contribution in [0.3, 0.4) is 0 Å². The SMILES string of the molecule is Cn1ccnc1C(C)(C)O. The van der Waals surface area contributed by atoms with E-state index >= 15 is 0 Å². The molecule has 0 spiro atoms.